The summed E-state index contributed by atoms with van der Waals surface area (Å²) >= 11 is 0. The van der Waals surface area contributed by atoms with Gasteiger partial charge in [0.15, 0.2) is 0 Å². The molecular weight excluding hydrogens is 200 g/mol. The number of hydrogen-bond acceptors (Lipinski definition) is 2. The zero-order valence-electron chi connectivity index (χ0n) is 8.66. The minimum Gasteiger partial charge on any atom is -0.390 e. The maximum atomic E-state index is 12.8. The number of halogens is 2. The molecule has 0 atom stereocenters. The lowest BCUT2D eigenvalue weighted by Crippen LogP contribution is -2.36. The van der Waals surface area contributed by atoms with Crippen LogP contribution in [0.5, 0.6) is 0 Å². The summed E-state index contributed by atoms with van der Waals surface area (Å²) in [5.74, 6) is -3.02. The van der Waals surface area contributed by atoms with E-state index in [9.17, 15) is 8.78 Å². The van der Waals surface area contributed by atoms with Gasteiger partial charge in [0.1, 0.15) is 6.61 Å². The van der Waals surface area contributed by atoms with E-state index in [1.54, 1.807) is 7.05 Å². The SMILES string of the molecule is CN(Cc1ccccc1)CC(F)(F)CO. The van der Waals surface area contributed by atoms with Crippen LogP contribution in [0.15, 0.2) is 30.3 Å². The normalized spacial score (nSPS) is 12.1. The molecule has 0 amide bonds. The molecule has 84 valence electrons. The number of rotatable bonds is 5. The van der Waals surface area contributed by atoms with E-state index in [2.05, 4.69) is 0 Å². The molecule has 0 unspecified atom stereocenters. The smallest absolute Gasteiger partial charge is 0.283 e. The highest BCUT2D eigenvalue weighted by Crippen LogP contribution is 2.14. The third kappa shape index (κ3) is 4.36. The molecular formula is C11H15F2NO. The molecule has 0 bridgehead atoms. The number of aliphatic hydroxyl groups is 1. The first-order valence-corrected chi connectivity index (χ1v) is 4.75. The number of nitrogens with zero attached hydrogens (tertiary/aromatic N) is 1. The van der Waals surface area contributed by atoms with Crippen molar-refractivity contribution < 1.29 is 13.9 Å². The van der Waals surface area contributed by atoms with Crippen LogP contribution in [-0.2, 0) is 6.54 Å². The highest BCUT2D eigenvalue weighted by atomic mass is 19.3. The molecule has 4 heteroatoms. The van der Waals surface area contributed by atoms with E-state index >= 15 is 0 Å². The Morgan fingerprint density at radius 2 is 1.87 bits per heavy atom. The molecule has 15 heavy (non-hydrogen) atoms. The van der Waals surface area contributed by atoms with Gasteiger partial charge in [-0.3, -0.25) is 4.90 Å². The molecule has 1 rings (SSSR count). The van der Waals surface area contributed by atoms with Crippen LogP contribution in [0.4, 0.5) is 8.78 Å². The van der Waals surface area contributed by atoms with E-state index in [-0.39, 0.29) is 0 Å². The van der Waals surface area contributed by atoms with E-state index < -0.39 is 19.1 Å². The van der Waals surface area contributed by atoms with E-state index in [1.807, 2.05) is 30.3 Å². The molecule has 0 saturated carbocycles. The summed E-state index contributed by atoms with van der Waals surface area (Å²) < 4.78 is 25.6. The lowest BCUT2D eigenvalue weighted by Gasteiger charge is -2.22. The predicted octanol–water partition coefficient (Wildman–Crippen LogP) is 1.75. The second-order valence-electron chi connectivity index (χ2n) is 3.67. The molecule has 0 radical (unpaired) electrons. The van der Waals surface area contributed by atoms with E-state index in [4.69, 9.17) is 5.11 Å². The van der Waals surface area contributed by atoms with Crippen LogP contribution in [0.3, 0.4) is 0 Å². The highest BCUT2D eigenvalue weighted by Gasteiger charge is 2.29. The van der Waals surface area contributed by atoms with Crippen molar-refractivity contribution in [3.8, 4) is 0 Å². The van der Waals surface area contributed by atoms with Crippen LogP contribution in [0, 0.1) is 0 Å². The molecule has 0 fully saturated rings. The van der Waals surface area contributed by atoms with Crippen LogP contribution in [-0.4, -0.2) is 36.1 Å². The maximum Gasteiger partial charge on any atom is 0.283 e. The molecule has 2 nitrogen and oxygen atoms in total. The second-order valence-corrected chi connectivity index (χ2v) is 3.67. The number of benzene rings is 1. The van der Waals surface area contributed by atoms with Gasteiger partial charge in [-0.2, -0.15) is 0 Å². The van der Waals surface area contributed by atoms with Gasteiger partial charge in [-0.15, -0.1) is 0 Å². The molecule has 1 aromatic rings. The van der Waals surface area contributed by atoms with Crippen molar-refractivity contribution in [3.63, 3.8) is 0 Å². The highest BCUT2D eigenvalue weighted by molar-refractivity contribution is 5.14. The van der Waals surface area contributed by atoms with Gasteiger partial charge in [0.2, 0.25) is 0 Å². The summed E-state index contributed by atoms with van der Waals surface area (Å²) in [5, 5.41) is 8.43. The fourth-order valence-electron chi connectivity index (χ4n) is 1.40. The fraction of sp³-hybridized carbons (Fsp3) is 0.455. The Labute approximate surface area is 88.1 Å². The van der Waals surface area contributed by atoms with Gasteiger partial charge in [0.25, 0.3) is 5.92 Å². The summed E-state index contributed by atoms with van der Waals surface area (Å²) in [6, 6.07) is 9.38. The van der Waals surface area contributed by atoms with Gasteiger partial charge >= 0.3 is 0 Å². The van der Waals surface area contributed by atoms with Crippen molar-refractivity contribution in [2.24, 2.45) is 0 Å². The van der Waals surface area contributed by atoms with Crippen LogP contribution < -0.4 is 0 Å². The molecule has 0 aliphatic heterocycles. The first-order chi connectivity index (χ1) is 7.03. The minimum absolute atomic E-state index is 0.432. The lowest BCUT2D eigenvalue weighted by atomic mass is 10.2. The standard InChI is InChI=1S/C11H15F2NO/c1-14(8-11(12,13)9-15)7-10-5-3-2-4-6-10/h2-6,15H,7-9H2,1H3. The third-order valence-corrected chi connectivity index (χ3v) is 2.03. The fourth-order valence-corrected chi connectivity index (χ4v) is 1.40. The molecule has 0 saturated heterocycles. The van der Waals surface area contributed by atoms with E-state index in [0.717, 1.165) is 5.56 Å². The number of hydrogen-bond donors (Lipinski definition) is 1. The zero-order valence-corrected chi connectivity index (χ0v) is 8.66. The van der Waals surface area contributed by atoms with Gasteiger partial charge in [0, 0.05) is 6.54 Å². The number of aliphatic hydroxyl groups excluding tert-OH is 1. The first-order valence-electron chi connectivity index (χ1n) is 4.75. The van der Waals surface area contributed by atoms with Crippen molar-refractivity contribution in [2.75, 3.05) is 20.2 Å². The Morgan fingerprint density at radius 1 is 1.27 bits per heavy atom. The Balaban J connectivity index is 2.46. The van der Waals surface area contributed by atoms with Crippen LogP contribution >= 0.6 is 0 Å². The van der Waals surface area contributed by atoms with Gasteiger partial charge < -0.3 is 5.11 Å². The van der Waals surface area contributed by atoms with Gasteiger partial charge in [-0.25, -0.2) is 8.78 Å². The van der Waals surface area contributed by atoms with Crippen molar-refractivity contribution in [2.45, 2.75) is 12.5 Å². The topological polar surface area (TPSA) is 23.5 Å². The van der Waals surface area contributed by atoms with Crippen molar-refractivity contribution in [1.82, 2.24) is 4.90 Å². The molecule has 0 spiro atoms. The lowest BCUT2D eigenvalue weighted by molar-refractivity contribution is -0.0699. The van der Waals surface area contributed by atoms with Gasteiger partial charge in [-0.1, -0.05) is 30.3 Å². The second kappa shape index (κ2) is 5.19. The van der Waals surface area contributed by atoms with Gasteiger partial charge in [0.05, 0.1) is 6.54 Å². The van der Waals surface area contributed by atoms with E-state index in [1.165, 1.54) is 4.90 Å². The zero-order chi connectivity index (χ0) is 11.3. The average Bonchev–Trinajstić information content (AvgIpc) is 2.18. The monoisotopic (exact) mass is 215 g/mol. The minimum atomic E-state index is -3.02. The predicted molar refractivity (Wildman–Crippen MR) is 54.8 cm³/mol. The van der Waals surface area contributed by atoms with Gasteiger partial charge in [-0.05, 0) is 12.6 Å². The molecule has 0 aromatic heterocycles. The summed E-state index contributed by atoms with van der Waals surface area (Å²) in [6.07, 6.45) is 0. The van der Waals surface area contributed by atoms with Crippen LogP contribution in [0.1, 0.15) is 5.56 Å². The van der Waals surface area contributed by atoms with Crippen molar-refractivity contribution >= 4 is 0 Å². The molecule has 0 aliphatic rings. The van der Waals surface area contributed by atoms with Crippen LogP contribution in [0.2, 0.25) is 0 Å². The molecule has 0 aliphatic carbocycles. The molecule has 1 aromatic carbocycles. The first kappa shape index (κ1) is 12.1. The van der Waals surface area contributed by atoms with Crippen LogP contribution in [0.25, 0.3) is 0 Å². The van der Waals surface area contributed by atoms with E-state index in [0.29, 0.717) is 6.54 Å². The maximum absolute atomic E-state index is 12.8. The molecule has 0 heterocycles. The largest absolute Gasteiger partial charge is 0.390 e. The summed E-state index contributed by atoms with van der Waals surface area (Å²) in [5.41, 5.74) is 0.980. The summed E-state index contributed by atoms with van der Waals surface area (Å²) in [6.45, 7) is -1.08. The third-order valence-electron chi connectivity index (χ3n) is 2.03. The summed E-state index contributed by atoms with van der Waals surface area (Å²) in [4.78, 5) is 1.49. The summed E-state index contributed by atoms with van der Waals surface area (Å²) in [7, 11) is 1.61. The number of alkyl halides is 2. The van der Waals surface area contributed by atoms with Crippen molar-refractivity contribution in [3.05, 3.63) is 35.9 Å². The van der Waals surface area contributed by atoms with Crippen molar-refractivity contribution in [1.29, 1.82) is 0 Å². The molecule has 1 N–H and O–H groups in total. The average molecular weight is 215 g/mol. The quantitative estimate of drug-likeness (QED) is 0.808. The Hall–Kier alpha value is -1.00. The Bertz CT molecular complexity index is 290. The Morgan fingerprint density at radius 3 is 2.40 bits per heavy atom. The Kier molecular flexibility index (Phi) is 4.17.